The van der Waals surface area contributed by atoms with Crippen LogP contribution >= 0.6 is 0 Å². The topological polar surface area (TPSA) is 138 Å². The number of amides is 2. The number of halogens is 3. The van der Waals surface area contributed by atoms with Gasteiger partial charge in [0.15, 0.2) is 5.75 Å². The highest BCUT2D eigenvalue weighted by Crippen LogP contribution is 2.34. The van der Waals surface area contributed by atoms with Crippen molar-refractivity contribution >= 4 is 38.6 Å². The Kier molecular flexibility index (Phi) is 8.14. The van der Waals surface area contributed by atoms with E-state index in [0.717, 1.165) is 25.0 Å². The first kappa shape index (κ1) is 29.4. The number of sulfonamides is 1. The maximum atomic E-state index is 13.4. The van der Waals surface area contributed by atoms with Crippen LogP contribution in [-0.2, 0) is 14.8 Å². The first-order valence-electron chi connectivity index (χ1n) is 13.1. The number of nitrogens with one attached hydrogen (secondary N) is 1. The summed E-state index contributed by atoms with van der Waals surface area (Å²) in [6.45, 7) is 0.623. The summed E-state index contributed by atoms with van der Waals surface area (Å²) in [5, 5.41) is 10.1. The van der Waals surface area contributed by atoms with Gasteiger partial charge in [-0.2, -0.15) is 0 Å². The molecule has 2 atom stereocenters. The van der Waals surface area contributed by atoms with Crippen LogP contribution in [0.1, 0.15) is 29.6 Å². The minimum Gasteiger partial charge on any atom is -0.465 e. The van der Waals surface area contributed by atoms with Crippen LogP contribution in [0.25, 0.3) is 10.9 Å². The third-order valence-corrected chi connectivity index (χ3v) is 8.56. The summed E-state index contributed by atoms with van der Waals surface area (Å²) in [6, 6.07) is 10.1. The predicted octanol–water partition coefficient (Wildman–Crippen LogP) is 4.31. The van der Waals surface area contributed by atoms with Crippen molar-refractivity contribution in [2.24, 2.45) is 0 Å². The minimum atomic E-state index is -5.19. The number of pyridine rings is 1. The van der Waals surface area contributed by atoms with Crippen molar-refractivity contribution in [2.45, 2.75) is 42.7 Å². The largest absolute Gasteiger partial charge is 0.573 e. The first-order valence-corrected chi connectivity index (χ1v) is 14.6. The van der Waals surface area contributed by atoms with Crippen molar-refractivity contribution in [1.29, 1.82) is 0 Å². The van der Waals surface area contributed by atoms with Crippen LogP contribution in [0, 0.1) is 0 Å². The van der Waals surface area contributed by atoms with Gasteiger partial charge in [0.2, 0.25) is 0 Å². The number of hydrogen-bond donors (Lipinski definition) is 2. The standard InChI is InChI=1S/C27H27F3N4O7S/c28-27(29,30)41-22-14-18(25(35)33-11-12-34(26(36)37)19(16-33)15-20-6-3-13-40-20)8-9-21(22)32-42(38,39)23-7-1-4-17-5-2-10-31-24(17)23/h1-2,4-5,7-10,14,19-20,32H,3,6,11-13,15-16H2,(H,36,37). The van der Waals surface area contributed by atoms with Crippen molar-refractivity contribution in [3.63, 3.8) is 0 Å². The van der Waals surface area contributed by atoms with Gasteiger partial charge in [-0.1, -0.05) is 18.2 Å². The lowest BCUT2D eigenvalue weighted by Crippen LogP contribution is -2.57. The van der Waals surface area contributed by atoms with Crippen LogP contribution in [-0.4, -0.2) is 85.1 Å². The van der Waals surface area contributed by atoms with Gasteiger partial charge in [-0.15, -0.1) is 13.2 Å². The van der Waals surface area contributed by atoms with E-state index in [9.17, 15) is 36.3 Å². The third kappa shape index (κ3) is 6.51. The average Bonchev–Trinajstić information content (AvgIpc) is 3.45. The summed E-state index contributed by atoms with van der Waals surface area (Å²) >= 11 is 0. The Bertz CT molecular complexity index is 1590. The lowest BCUT2D eigenvalue weighted by Gasteiger charge is -2.40. The highest BCUT2D eigenvalue weighted by molar-refractivity contribution is 7.93. The van der Waals surface area contributed by atoms with Crippen molar-refractivity contribution in [1.82, 2.24) is 14.8 Å². The highest BCUT2D eigenvalue weighted by Gasteiger charge is 2.37. The van der Waals surface area contributed by atoms with Crippen LogP contribution < -0.4 is 9.46 Å². The van der Waals surface area contributed by atoms with E-state index in [1.165, 1.54) is 34.2 Å². The molecule has 3 aromatic rings. The zero-order chi connectivity index (χ0) is 30.1. The molecule has 1 aromatic heterocycles. The van der Waals surface area contributed by atoms with Gasteiger partial charge < -0.3 is 24.4 Å². The fraction of sp³-hybridized carbons (Fsp3) is 0.370. The van der Waals surface area contributed by atoms with E-state index >= 15 is 0 Å². The van der Waals surface area contributed by atoms with Crippen molar-refractivity contribution in [3.05, 3.63) is 60.3 Å². The smallest absolute Gasteiger partial charge is 0.465 e. The number of nitrogens with zero attached hydrogens (tertiary/aromatic N) is 3. The molecule has 11 nitrogen and oxygen atoms in total. The molecule has 2 aliphatic rings. The Morgan fingerprint density at radius 3 is 2.64 bits per heavy atom. The van der Waals surface area contributed by atoms with Gasteiger partial charge in [0.25, 0.3) is 15.9 Å². The second-order valence-electron chi connectivity index (χ2n) is 9.95. The lowest BCUT2D eigenvalue weighted by molar-refractivity contribution is -0.274. The fourth-order valence-corrected chi connectivity index (χ4v) is 6.50. The quantitative estimate of drug-likeness (QED) is 0.405. The minimum absolute atomic E-state index is 0.0152. The van der Waals surface area contributed by atoms with Crippen molar-refractivity contribution in [2.75, 3.05) is 31.0 Å². The zero-order valence-electron chi connectivity index (χ0n) is 22.1. The highest BCUT2D eigenvalue weighted by atomic mass is 32.2. The number of hydrogen-bond acceptors (Lipinski definition) is 7. The number of carboxylic acid groups (broad SMARTS) is 1. The van der Waals surface area contributed by atoms with Crippen molar-refractivity contribution in [3.8, 4) is 5.75 Å². The SMILES string of the molecule is O=C(c1ccc(NS(=O)(=O)c2cccc3cccnc23)c(OC(F)(F)F)c1)N1CCN(C(=O)O)C(CC2CCCO2)C1. The van der Waals surface area contributed by atoms with E-state index in [2.05, 4.69) is 14.4 Å². The summed E-state index contributed by atoms with van der Waals surface area (Å²) < 4.78 is 78.4. The number of aromatic nitrogens is 1. The Morgan fingerprint density at radius 1 is 1.14 bits per heavy atom. The molecule has 2 amide bonds. The number of para-hydroxylation sites is 1. The van der Waals surface area contributed by atoms with Gasteiger partial charge in [0.05, 0.1) is 23.3 Å². The Balaban J connectivity index is 1.41. The molecule has 2 N–H and O–H groups in total. The Labute approximate surface area is 238 Å². The van der Waals surface area contributed by atoms with E-state index in [1.807, 2.05) is 0 Å². The molecule has 0 radical (unpaired) electrons. The van der Waals surface area contributed by atoms with E-state index in [-0.39, 0.29) is 41.7 Å². The number of ether oxygens (including phenoxy) is 2. The second-order valence-corrected chi connectivity index (χ2v) is 11.6. The van der Waals surface area contributed by atoms with Gasteiger partial charge in [-0.05, 0) is 49.6 Å². The molecule has 224 valence electrons. The molecular formula is C27H27F3N4O7S. The molecule has 3 heterocycles. The summed E-state index contributed by atoms with van der Waals surface area (Å²) in [4.78, 5) is 31.6. The number of benzene rings is 2. The van der Waals surface area contributed by atoms with Crippen LogP contribution in [0.3, 0.4) is 0 Å². The summed E-state index contributed by atoms with van der Waals surface area (Å²) in [5.74, 6) is -1.58. The molecule has 2 fully saturated rings. The molecule has 0 spiro atoms. The molecule has 0 aliphatic carbocycles. The van der Waals surface area contributed by atoms with Gasteiger partial charge in [-0.25, -0.2) is 13.2 Å². The normalized spacial score (nSPS) is 19.6. The molecule has 5 rings (SSSR count). The Morgan fingerprint density at radius 2 is 1.93 bits per heavy atom. The van der Waals surface area contributed by atoms with Crippen LogP contribution in [0.4, 0.5) is 23.7 Å². The van der Waals surface area contributed by atoms with E-state index in [0.29, 0.717) is 18.4 Å². The van der Waals surface area contributed by atoms with E-state index in [1.54, 1.807) is 18.2 Å². The second kappa shape index (κ2) is 11.6. The lowest BCUT2D eigenvalue weighted by atomic mass is 10.0. The predicted molar refractivity (Wildman–Crippen MR) is 144 cm³/mol. The number of piperazine rings is 1. The number of anilines is 1. The van der Waals surface area contributed by atoms with E-state index in [4.69, 9.17) is 4.74 Å². The number of fused-ring (bicyclic) bond motifs is 1. The molecule has 0 bridgehead atoms. The molecule has 42 heavy (non-hydrogen) atoms. The van der Waals surface area contributed by atoms with E-state index < -0.39 is 45.9 Å². The summed E-state index contributed by atoms with van der Waals surface area (Å²) in [6.07, 6.45) is -3.09. The van der Waals surface area contributed by atoms with Gasteiger partial charge in [0, 0.05) is 43.4 Å². The molecule has 15 heteroatoms. The van der Waals surface area contributed by atoms with Gasteiger partial charge in [-0.3, -0.25) is 14.5 Å². The third-order valence-electron chi connectivity index (χ3n) is 7.16. The molecule has 0 saturated carbocycles. The van der Waals surface area contributed by atoms with Crippen LogP contribution in [0.5, 0.6) is 5.75 Å². The van der Waals surface area contributed by atoms with Gasteiger partial charge >= 0.3 is 12.5 Å². The monoisotopic (exact) mass is 608 g/mol. The average molecular weight is 609 g/mol. The molecular weight excluding hydrogens is 581 g/mol. The maximum Gasteiger partial charge on any atom is 0.573 e. The van der Waals surface area contributed by atoms with Crippen LogP contribution in [0.15, 0.2) is 59.6 Å². The molecule has 2 aliphatic heterocycles. The van der Waals surface area contributed by atoms with Crippen LogP contribution in [0.2, 0.25) is 0 Å². The molecule has 2 saturated heterocycles. The Hall–Kier alpha value is -4.11. The number of carbonyl (C=O) groups is 2. The summed E-state index contributed by atoms with van der Waals surface area (Å²) in [7, 11) is -4.43. The molecule has 2 aromatic carbocycles. The maximum absolute atomic E-state index is 13.4. The number of carbonyl (C=O) groups excluding carboxylic acids is 1. The molecule has 2 unspecified atom stereocenters. The number of alkyl halides is 3. The zero-order valence-corrected chi connectivity index (χ0v) is 22.9. The van der Waals surface area contributed by atoms with Crippen molar-refractivity contribution < 1.29 is 45.8 Å². The first-order chi connectivity index (χ1) is 19.9. The summed E-state index contributed by atoms with van der Waals surface area (Å²) in [5.41, 5.74) is -0.608. The fourth-order valence-electron chi connectivity index (χ4n) is 5.25. The van der Waals surface area contributed by atoms with Gasteiger partial charge in [0.1, 0.15) is 4.90 Å². The number of rotatable bonds is 7.